The van der Waals surface area contributed by atoms with E-state index in [1.165, 1.54) is 12.1 Å². The Hall–Kier alpha value is -3.22. The average molecular weight is 481 g/mol. The highest BCUT2D eigenvalue weighted by molar-refractivity contribution is 6.30. The molecule has 1 N–H and O–H groups in total. The zero-order valence-electron chi connectivity index (χ0n) is 18.7. The smallest absolute Gasteiger partial charge is 0.258 e. The number of ether oxygens (including phenoxy) is 1. The largest absolute Gasteiger partial charge is 0.376 e. The van der Waals surface area contributed by atoms with Crippen molar-refractivity contribution < 1.29 is 18.7 Å². The summed E-state index contributed by atoms with van der Waals surface area (Å²) >= 11 is 5.97. The molecular weight excluding hydrogens is 455 g/mol. The first-order chi connectivity index (χ1) is 16.5. The predicted molar refractivity (Wildman–Crippen MR) is 130 cm³/mol. The Morgan fingerprint density at radius 2 is 1.79 bits per heavy atom. The van der Waals surface area contributed by atoms with E-state index in [0.717, 1.165) is 25.0 Å². The van der Waals surface area contributed by atoms with Crippen molar-refractivity contribution in [1.82, 2.24) is 5.32 Å². The average Bonchev–Trinajstić information content (AvgIpc) is 3.36. The van der Waals surface area contributed by atoms with Crippen molar-refractivity contribution in [3.63, 3.8) is 0 Å². The summed E-state index contributed by atoms with van der Waals surface area (Å²) in [6, 6.07) is 20.1. The van der Waals surface area contributed by atoms with E-state index in [1.807, 2.05) is 12.1 Å². The lowest BCUT2D eigenvalue weighted by molar-refractivity contribution is -0.120. The molecule has 0 unspecified atom stereocenters. The molecule has 3 aromatic carbocycles. The molecule has 0 spiro atoms. The second-order valence-electron chi connectivity index (χ2n) is 8.31. The van der Waals surface area contributed by atoms with Crippen molar-refractivity contribution in [3.8, 4) is 0 Å². The van der Waals surface area contributed by atoms with Gasteiger partial charge in [0.15, 0.2) is 0 Å². The molecule has 1 aliphatic rings. The Kier molecular flexibility index (Phi) is 7.93. The van der Waals surface area contributed by atoms with Crippen molar-refractivity contribution in [2.45, 2.75) is 31.9 Å². The van der Waals surface area contributed by atoms with Crippen LogP contribution in [-0.2, 0) is 22.5 Å². The SMILES string of the molecule is O=C(Cc1ccc(N(Cc2cccc(F)c2)C(=O)c2ccc(Cl)cc2)cc1)NC[C@H]1CCCO1. The second kappa shape index (κ2) is 11.3. The minimum atomic E-state index is -0.360. The van der Waals surface area contributed by atoms with Crippen molar-refractivity contribution >= 4 is 29.1 Å². The molecule has 0 saturated carbocycles. The normalized spacial score (nSPS) is 15.2. The number of nitrogens with one attached hydrogen (secondary N) is 1. The number of benzene rings is 3. The van der Waals surface area contributed by atoms with E-state index in [1.54, 1.807) is 53.4 Å². The van der Waals surface area contributed by atoms with Crippen LogP contribution in [0.5, 0.6) is 0 Å². The van der Waals surface area contributed by atoms with E-state index in [2.05, 4.69) is 5.32 Å². The molecule has 0 aliphatic carbocycles. The lowest BCUT2D eigenvalue weighted by Gasteiger charge is -2.23. The molecular formula is C27H26ClFN2O3. The summed E-state index contributed by atoms with van der Waals surface area (Å²) in [6.07, 6.45) is 2.34. The molecule has 4 rings (SSSR count). The van der Waals surface area contributed by atoms with Gasteiger partial charge < -0.3 is 15.0 Å². The monoisotopic (exact) mass is 480 g/mol. The van der Waals surface area contributed by atoms with Crippen molar-refractivity contribution in [3.05, 3.63) is 100 Å². The van der Waals surface area contributed by atoms with Crippen LogP contribution in [0.4, 0.5) is 10.1 Å². The summed E-state index contributed by atoms with van der Waals surface area (Å²) in [5.74, 6) is -0.666. The fraction of sp³-hybridized carbons (Fsp3) is 0.259. The topological polar surface area (TPSA) is 58.6 Å². The van der Waals surface area contributed by atoms with Crippen molar-refractivity contribution in [2.75, 3.05) is 18.1 Å². The van der Waals surface area contributed by atoms with Gasteiger partial charge in [-0.3, -0.25) is 9.59 Å². The lowest BCUT2D eigenvalue weighted by Crippen LogP contribution is -2.32. The highest BCUT2D eigenvalue weighted by atomic mass is 35.5. The third kappa shape index (κ3) is 6.43. The fourth-order valence-electron chi connectivity index (χ4n) is 3.92. The zero-order valence-corrected chi connectivity index (χ0v) is 19.4. The van der Waals surface area contributed by atoms with Gasteiger partial charge in [0.2, 0.25) is 5.91 Å². The number of hydrogen-bond donors (Lipinski definition) is 1. The Morgan fingerprint density at radius 1 is 1.03 bits per heavy atom. The van der Waals surface area contributed by atoms with Gasteiger partial charge in [-0.25, -0.2) is 4.39 Å². The molecule has 5 nitrogen and oxygen atoms in total. The van der Waals surface area contributed by atoms with Crippen molar-refractivity contribution in [1.29, 1.82) is 0 Å². The number of amides is 2. The molecule has 0 aromatic heterocycles. The summed E-state index contributed by atoms with van der Waals surface area (Å²) in [5.41, 5.74) is 2.62. The number of anilines is 1. The highest BCUT2D eigenvalue weighted by Gasteiger charge is 2.19. The van der Waals surface area contributed by atoms with Crippen LogP contribution in [0.3, 0.4) is 0 Å². The van der Waals surface area contributed by atoms with Gasteiger partial charge >= 0.3 is 0 Å². The van der Waals surface area contributed by atoms with Crippen LogP contribution in [0.1, 0.15) is 34.3 Å². The number of halogens is 2. The molecule has 0 bridgehead atoms. The molecule has 2 amide bonds. The first-order valence-electron chi connectivity index (χ1n) is 11.3. The van der Waals surface area contributed by atoms with Crippen LogP contribution in [0.25, 0.3) is 0 Å². The number of carbonyl (C=O) groups excluding carboxylic acids is 2. The maximum absolute atomic E-state index is 13.8. The minimum absolute atomic E-state index is 0.0721. The summed E-state index contributed by atoms with van der Waals surface area (Å²) in [5, 5.41) is 3.46. The molecule has 1 atom stereocenters. The van der Waals surface area contributed by atoms with E-state index in [0.29, 0.717) is 28.4 Å². The van der Waals surface area contributed by atoms with Crippen molar-refractivity contribution in [2.24, 2.45) is 0 Å². The summed E-state index contributed by atoms with van der Waals surface area (Å²) in [4.78, 5) is 27.2. The van der Waals surface area contributed by atoms with Gasteiger partial charge in [-0.2, -0.15) is 0 Å². The molecule has 1 saturated heterocycles. The van der Waals surface area contributed by atoms with Gasteiger partial charge in [-0.05, 0) is 72.5 Å². The van der Waals surface area contributed by atoms with Crippen LogP contribution in [0, 0.1) is 5.82 Å². The van der Waals surface area contributed by atoms with Crippen LogP contribution in [0.2, 0.25) is 5.02 Å². The third-order valence-corrected chi connectivity index (χ3v) is 5.98. The van der Waals surface area contributed by atoms with Gasteiger partial charge in [-0.15, -0.1) is 0 Å². The van der Waals surface area contributed by atoms with Crippen LogP contribution < -0.4 is 10.2 Å². The summed E-state index contributed by atoms with van der Waals surface area (Å²) < 4.78 is 19.3. The zero-order chi connectivity index (χ0) is 23.9. The molecule has 34 heavy (non-hydrogen) atoms. The fourth-order valence-corrected chi connectivity index (χ4v) is 4.05. The Morgan fingerprint density at radius 3 is 2.47 bits per heavy atom. The Balaban J connectivity index is 1.49. The lowest BCUT2D eigenvalue weighted by atomic mass is 10.1. The van der Waals surface area contributed by atoms with Crippen LogP contribution in [-0.4, -0.2) is 31.1 Å². The molecule has 1 fully saturated rings. The molecule has 1 aliphatic heterocycles. The predicted octanol–water partition coefficient (Wildman–Crippen LogP) is 5.16. The number of rotatable bonds is 8. The highest BCUT2D eigenvalue weighted by Crippen LogP contribution is 2.23. The van der Waals surface area contributed by atoms with Gasteiger partial charge in [0, 0.05) is 29.4 Å². The van der Waals surface area contributed by atoms with Gasteiger partial charge in [-0.1, -0.05) is 35.9 Å². The first-order valence-corrected chi connectivity index (χ1v) is 11.6. The maximum Gasteiger partial charge on any atom is 0.258 e. The molecule has 3 aromatic rings. The molecule has 1 heterocycles. The van der Waals surface area contributed by atoms with Crippen LogP contribution >= 0.6 is 11.6 Å². The third-order valence-electron chi connectivity index (χ3n) is 5.73. The molecule has 0 radical (unpaired) electrons. The molecule has 176 valence electrons. The number of carbonyl (C=O) groups is 2. The van der Waals surface area contributed by atoms with Gasteiger partial charge in [0.1, 0.15) is 5.82 Å². The standard InChI is InChI=1S/C27H26ClFN2O3/c28-22-10-8-21(9-11-22)27(33)31(18-20-3-1-4-23(29)15-20)24-12-6-19(7-13-24)16-26(32)30-17-25-5-2-14-34-25/h1,3-4,6-13,15,25H,2,5,14,16-18H2,(H,30,32)/t25-/m1/s1. The minimum Gasteiger partial charge on any atom is -0.376 e. The van der Waals surface area contributed by atoms with E-state index in [-0.39, 0.29) is 36.7 Å². The van der Waals surface area contributed by atoms with Gasteiger partial charge in [0.05, 0.1) is 19.1 Å². The van der Waals surface area contributed by atoms with Crippen LogP contribution in [0.15, 0.2) is 72.8 Å². The quantitative estimate of drug-likeness (QED) is 0.484. The van der Waals surface area contributed by atoms with E-state index >= 15 is 0 Å². The van der Waals surface area contributed by atoms with E-state index in [9.17, 15) is 14.0 Å². The molecule has 7 heteroatoms. The Labute approximate surface area is 203 Å². The summed E-state index contributed by atoms with van der Waals surface area (Å²) in [7, 11) is 0. The van der Waals surface area contributed by atoms with E-state index < -0.39 is 0 Å². The van der Waals surface area contributed by atoms with E-state index in [4.69, 9.17) is 16.3 Å². The number of hydrogen-bond acceptors (Lipinski definition) is 3. The Bertz CT molecular complexity index is 1130. The maximum atomic E-state index is 13.8. The second-order valence-corrected chi connectivity index (χ2v) is 8.75. The summed E-state index contributed by atoms with van der Waals surface area (Å²) in [6.45, 7) is 1.47. The number of nitrogens with zero attached hydrogens (tertiary/aromatic N) is 1. The van der Waals surface area contributed by atoms with Gasteiger partial charge in [0.25, 0.3) is 5.91 Å². The first kappa shape index (κ1) is 23.9.